The first-order chi connectivity index (χ1) is 9.81. The summed E-state index contributed by atoms with van der Waals surface area (Å²) in [6.07, 6.45) is 8.91. The van der Waals surface area contributed by atoms with Crippen molar-refractivity contribution in [1.82, 2.24) is 9.88 Å². The molecule has 4 rings (SSSR count). The number of pyridine rings is 1. The first-order valence-electron chi connectivity index (χ1n) is 7.53. The van der Waals surface area contributed by atoms with Crippen molar-refractivity contribution in [2.45, 2.75) is 43.7 Å². The maximum atomic E-state index is 5.42. The van der Waals surface area contributed by atoms with E-state index in [9.17, 15) is 0 Å². The number of piperidine rings is 1. The molecule has 2 aliphatic heterocycles. The van der Waals surface area contributed by atoms with Gasteiger partial charge in [0.15, 0.2) is 0 Å². The minimum Gasteiger partial charge on any atom is -0.464 e. The molecule has 2 aromatic rings. The third-order valence-electron chi connectivity index (χ3n) is 5.11. The first kappa shape index (κ1) is 12.2. The van der Waals surface area contributed by atoms with Crippen LogP contribution in [0.3, 0.4) is 0 Å². The van der Waals surface area contributed by atoms with Crippen LogP contribution in [0.4, 0.5) is 0 Å². The van der Waals surface area contributed by atoms with Gasteiger partial charge in [-0.1, -0.05) is 0 Å². The molecule has 2 bridgehead atoms. The summed E-state index contributed by atoms with van der Waals surface area (Å²) in [6, 6.07) is 9.76. The van der Waals surface area contributed by atoms with Crippen LogP contribution in [0.1, 0.15) is 37.3 Å². The van der Waals surface area contributed by atoms with Crippen LogP contribution in [0, 0.1) is 0 Å². The summed E-state index contributed by atoms with van der Waals surface area (Å²) >= 11 is 0. The van der Waals surface area contributed by atoms with Crippen molar-refractivity contribution in [3.63, 3.8) is 0 Å². The van der Waals surface area contributed by atoms with Gasteiger partial charge >= 0.3 is 0 Å². The quantitative estimate of drug-likeness (QED) is 0.832. The second kappa shape index (κ2) is 4.74. The topological polar surface area (TPSA) is 29.3 Å². The number of furan rings is 1. The lowest BCUT2D eigenvalue weighted by molar-refractivity contribution is 0.160. The molecule has 0 radical (unpaired) electrons. The van der Waals surface area contributed by atoms with Crippen LogP contribution in [0.25, 0.3) is 11.3 Å². The van der Waals surface area contributed by atoms with Crippen molar-refractivity contribution in [3.8, 4) is 11.3 Å². The van der Waals surface area contributed by atoms with E-state index in [0.29, 0.717) is 5.92 Å². The van der Waals surface area contributed by atoms with E-state index >= 15 is 0 Å². The molecule has 2 unspecified atom stereocenters. The highest BCUT2D eigenvalue weighted by molar-refractivity contribution is 5.55. The van der Waals surface area contributed by atoms with Crippen LogP contribution in [0.15, 0.2) is 41.1 Å². The van der Waals surface area contributed by atoms with Crippen LogP contribution < -0.4 is 0 Å². The Kier molecular flexibility index (Phi) is 2.88. The van der Waals surface area contributed by atoms with Gasteiger partial charge in [0.05, 0.1) is 6.26 Å². The molecule has 0 N–H and O–H groups in total. The number of hydrogen-bond donors (Lipinski definition) is 0. The normalized spacial score (nSPS) is 29.8. The summed E-state index contributed by atoms with van der Waals surface area (Å²) in [7, 11) is 2.28. The summed E-state index contributed by atoms with van der Waals surface area (Å²) in [5, 5.41) is 0. The molecule has 0 aromatic carbocycles. The van der Waals surface area contributed by atoms with E-state index < -0.39 is 0 Å². The third kappa shape index (κ3) is 1.97. The Morgan fingerprint density at radius 2 is 1.95 bits per heavy atom. The lowest BCUT2D eigenvalue weighted by Gasteiger charge is -2.36. The fourth-order valence-corrected chi connectivity index (χ4v) is 3.89. The van der Waals surface area contributed by atoms with Gasteiger partial charge < -0.3 is 9.32 Å². The summed E-state index contributed by atoms with van der Waals surface area (Å²) in [4.78, 5) is 7.28. The lowest BCUT2D eigenvalue weighted by Crippen LogP contribution is -2.39. The smallest absolute Gasteiger partial charge is 0.135 e. The van der Waals surface area contributed by atoms with Gasteiger partial charge in [-0.15, -0.1) is 0 Å². The molecule has 2 atom stereocenters. The van der Waals surface area contributed by atoms with Crippen LogP contribution in [-0.4, -0.2) is 29.0 Å². The van der Waals surface area contributed by atoms with Crippen molar-refractivity contribution < 1.29 is 4.42 Å². The highest BCUT2D eigenvalue weighted by Gasteiger charge is 2.39. The van der Waals surface area contributed by atoms with Crippen LogP contribution in [0.2, 0.25) is 0 Å². The SMILES string of the molecule is CN1C2CCC1CC(c1ccc(-c3ccco3)cn1)C2. The maximum Gasteiger partial charge on any atom is 0.135 e. The van der Waals surface area contributed by atoms with Gasteiger partial charge in [-0.05, 0) is 57.0 Å². The fourth-order valence-electron chi connectivity index (χ4n) is 3.89. The number of fused-ring (bicyclic) bond motifs is 2. The predicted molar refractivity (Wildman–Crippen MR) is 78.5 cm³/mol. The molecule has 104 valence electrons. The molecule has 2 aromatic heterocycles. The second-order valence-electron chi connectivity index (χ2n) is 6.17. The van der Waals surface area contributed by atoms with Gasteiger partial charge in [0.1, 0.15) is 5.76 Å². The fraction of sp³-hybridized carbons (Fsp3) is 0.471. The summed E-state index contributed by atoms with van der Waals surface area (Å²) < 4.78 is 5.42. The van der Waals surface area contributed by atoms with Crippen molar-refractivity contribution >= 4 is 0 Å². The molecule has 2 saturated heterocycles. The molecule has 0 saturated carbocycles. The van der Waals surface area contributed by atoms with E-state index in [4.69, 9.17) is 9.40 Å². The molecular weight excluding hydrogens is 248 g/mol. The Hall–Kier alpha value is -1.61. The Morgan fingerprint density at radius 1 is 1.15 bits per heavy atom. The minimum atomic E-state index is 0.634. The molecule has 3 nitrogen and oxygen atoms in total. The Bertz CT molecular complexity index is 562. The molecule has 0 aliphatic carbocycles. The van der Waals surface area contributed by atoms with E-state index in [-0.39, 0.29) is 0 Å². The summed E-state index contributed by atoms with van der Waals surface area (Å²) in [6.45, 7) is 0. The Morgan fingerprint density at radius 3 is 2.55 bits per heavy atom. The molecule has 2 fully saturated rings. The van der Waals surface area contributed by atoms with Crippen molar-refractivity contribution in [1.29, 1.82) is 0 Å². The van der Waals surface area contributed by atoms with Crippen LogP contribution >= 0.6 is 0 Å². The van der Waals surface area contributed by atoms with Gasteiger partial charge in [-0.2, -0.15) is 0 Å². The summed E-state index contributed by atoms with van der Waals surface area (Å²) in [5.74, 6) is 1.53. The van der Waals surface area contributed by atoms with E-state index in [1.54, 1.807) is 6.26 Å². The molecule has 3 heteroatoms. The molecule has 4 heterocycles. The number of rotatable bonds is 2. The third-order valence-corrected chi connectivity index (χ3v) is 5.11. The van der Waals surface area contributed by atoms with E-state index in [0.717, 1.165) is 23.4 Å². The van der Waals surface area contributed by atoms with Gasteiger partial charge in [-0.3, -0.25) is 4.98 Å². The predicted octanol–water partition coefficient (Wildman–Crippen LogP) is 3.68. The zero-order chi connectivity index (χ0) is 13.5. The van der Waals surface area contributed by atoms with Crippen molar-refractivity contribution in [2.24, 2.45) is 0 Å². The molecular formula is C17H20N2O. The zero-order valence-corrected chi connectivity index (χ0v) is 11.8. The zero-order valence-electron chi connectivity index (χ0n) is 11.8. The van der Waals surface area contributed by atoms with Crippen molar-refractivity contribution in [3.05, 3.63) is 42.4 Å². The largest absolute Gasteiger partial charge is 0.464 e. The average Bonchev–Trinajstić information content (AvgIpc) is 3.06. The number of nitrogens with zero attached hydrogens (tertiary/aromatic N) is 2. The van der Waals surface area contributed by atoms with Crippen LogP contribution in [-0.2, 0) is 0 Å². The number of aromatic nitrogens is 1. The minimum absolute atomic E-state index is 0.634. The lowest BCUT2D eigenvalue weighted by atomic mass is 9.88. The van der Waals surface area contributed by atoms with Crippen molar-refractivity contribution in [2.75, 3.05) is 7.05 Å². The molecule has 2 aliphatic rings. The summed E-state index contributed by atoms with van der Waals surface area (Å²) in [5.41, 5.74) is 2.32. The van der Waals surface area contributed by atoms with Gasteiger partial charge in [0.2, 0.25) is 0 Å². The first-order valence-corrected chi connectivity index (χ1v) is 7.53. The second-order valence-corrected chi connectivity index (χ2v) is 6.17. The van der Waals surface area contributed by atoms with Crippen LogP contribution in [0.5, 0.6) is 0 Å². The highest BCUT2D eigenvalue weighted by Crippen LogP contribution is 2.41. The Balaban J connectivity index is 1.55. The van der Waals surface area contributed by atoms with Gasteiger partial charge in [0.25, 0.3) is 0 Å². The van der Waals surface area contributed by atoms with Gasteiger partial charge in [-0.25, -0.2) is 0 Å². The standard InChI is InChI=1S/C17H20N2O/c1-19-14-5-6-15(19)10-13(9-14)16-7-4-12(11-18-16)17-3-2-8-20-17/h2-4,7-8,11,13-15H,5-6,9-10H2,1H3. The van der Waals surface area contributed by atoms with E-state index in [1.807, 2.05) is 18.3 Å². The monoisotopic (exact) mass is 268 g/mol. The highest BCUT2D eigenvalue weighted by atomic mass is 16.3. The molecule has 0 spiro atoms. The maximum absolute atomic E-state index is 5.42. The van der Waals surface area contributed by atoms with E-state index in [2.05, 4.69) is 24.1 Å². The van der Waals surface area contributed by atoms with Gasteiger partial charge in [0, 0.05) is 35.5 Å². The number of hydrogen-bond acceptors (Lipinski definition) is 3. The Labute approximate surface area is 119 Å². The van der Waals surface area contributed by atoms with E-state index in [1.165, 1.54) is 31.4 Å². The average molecular weight is 268 g/mol. The molecule has 20 heavy (non-hydrogen) atoms. The molecule has 0 amide bonds.